The highest BCUT2D eigenvalue weighted by atomic mass is 19.1. The van der Waals surface area contributed by atoms with Crippen molar-refractivity contribution >= 4 is 6.09 Å². The van der Waals surface area contributed by atoms with Crippen LogP contribution in [0.25, 0.3) is 0 Å². The Labute approximate surface area is 113 Å². The average Bonchev–Trinajstić information content (AvgIpc) is 2.39. The van der Waals surface area contributed by atoms with Gasteiger partial charge in [0.1, 0.15) is 17.7 Å². The third kappa shape index (κ3) is 4.41. The van der Waals surface area contributed by atoms with Crippen LogP contribution in [0.3, 0.4) is 0 Å². The normalized spacial score (nSPS) is 15.4. The van der Waals surface area contributed by atoms with Gasteiger partial charge in [-0.1, -0.05) is 0 Å². The summed E-state index contributed by atoms with van der Waals surface area (Å²) in [5.41, 5.74) is -0.436. The predicted octanol–water partition coefficient (Wildman–Crippen LogP) is 0.378. The zero-order chi connectivity index (χ0) is 15.3. The van der Waals surface area contributed by atoms with Crippen molar-refractivity contribution in [3.05, 3.63) is 35.4 Å². The van der Waals surface area contributed by atoms with Crippen LogP contribution < -0.4 is 5.32 Å². The van der Waals surface area contributed by atoms with Gasteiger partial charge in [-0.3, -0.25) is 0 Å². The third-order valence-electron chi connectivity index (χ3n) is 2.70. The standard InChI is InChI=1S/C12H15F2NO5/c13-6-1-2-9(14)8(3-6)11(18)10(15-12(19)20)4-7(17)5-16/h1-3,7,10-11,15-18H,4-5H2,(H,19,20)/t7-,10-,11+/m0/s1. The number of aliphatic hydroxyl groups excluding tert-OH is 3. The topological polar surface area (TPSA) is 110 Å². The van der Waals surface area contributed by atoms with Crippen LogP contribution in [0, 0.1) is 11.6 Å². The molecular formula is C12H15F2NO5. The molecule has 0 fully saturated rings. The highest BCUT2D eigenvalue weighted by Crippen LogP contribution is 2.23. The molecule has 0 saturated carbocycles. The molecule has 1 amide bonds. The number of halogens is 2. The first-order chi connectivity index (χ1) is 9.35. The van der Waals surface area contributed by atoms with E-state index in [1.54, 1.807) is 0 Å². The molecule has 1 aromatic rings. The lowest BCUT2D eigenvalue weighted by Crippen LogP contribution is -2.41. The van der Waals surface area contributed by atoms with Crippen molar-refractivity contribution in [2.45, 2.75) is 24.7 Å². The number of hydrogen-bond acceptors (Lipinski definition) is 4. The van der Waals surface area contributed by atoms with Gasteiger partial charge in [0.2, 0.25) is 0 Å². The first kappa shape index (κ1) is 16.3. The van der Waals surface area contributed by atoms with Gasteiger partial charge in [-0.25, -0.2) is 13.6 Å². The van der Waals surface area contributed by atoms with Crippen molar-refractivity contribution in [1.82, 2.24) is 5.32 Å². The number of hydrogen-bond donors (Lipinski definition) is 5. The van der Waals surface area contributed by atoms with Crippen LogP contribution in [-0.4, -0.2) is 45.3 Å². The number of carbonyl (C=O) groups is 1. The van der Waals surface area contributed by atoms with Gasteiger partial charge in [-0.2, -0.15) is 0 Å². The van der Waals surface area contributed by atoms with Crippen LogP contribution in [0.1, 0.15) is 18.1 Å². The number of benzene rings is 1. The van der Waals surface area contributed by atoms with E-state index in [4.69, 9.17) is 10.2 Å². The van der Waals surface area contributed by atoms with E-state index in [2.05, 4.69) is 0 Å². The van der Waals surface area contributed by atoms with Gasteiger partial charge in [0.05, 0.1) is 18.8 Å². The molecule has 8 heteroatoms. The van der Waals surface area contributed by atoms with E-state index in [1.807, 2.05) is 5.32 Å². The molecule has 3 atom stereocenters. The summed E-state index contributed by atoms with van der Waals surface area (Å²) < 4.78 is 26.6. The number of amides is 1. The molecule has 0 aliphatic heterocycles. The smallest absolute Gasteiger partial charge is 0.404 e. The van der Waals surface area contributed by atoms with E-state index in [0.29, 0.717) is 0 Å². The molecule has 0 spiro atoms. The first-order valence-electron chi connectivity index (χ1n) is 5.76. The zero-order valence-electron chi connectivity index (χ0n) is 10.3. The Balaban J connectivity index is 2.99. The Bertz CT molecular complexity index is 471. The fraction of sp³-hybridized carbons (Fsp3) is 0.417. The Hall–Kier alpha value is -1.77. The average molecular weight is 291 g/mol. The molecule has 1 rings (SSSR count). The molecule has 0 unspecified atom stereocenters. The van der Waals surface area contributed by atoms with E-state index in [9.17, 15) is 23.8 Å². The van der Waals surface area contributed by atoms with Crippen LogP contribution >= 0.6 is 0 Å². The second-order valence-corrected chi connectivity index (χ2v) is 4.24. The molecule has 0 heterocycles. The Morgan fingerprint density at radius 1 is 1.30 bits per heavy atom. The molecule has 0 aliphatic rings. The predicted molar refractivity (Wildman–Crippen MR) is 64.0 cm³/mol. The Morgan fingerprint density at radius 3 is 2.50 bits per heavy atom. The number of aliphatic hydroxyl groups is 3. The van der Waals surface area contributed by atoms with Gasteiger partial charge in [0.15, 0.2) is 0 Å². The quantitative estimate of drug-likeness (QED) is 0.520. The molecule has 1 aromatic carbocycles. The Kier molecular flexibility index (Phi) is 5.81. The minimum absolute atomic E-state index is 0.361. The summed E-state index contributed by atoms with van der Waals surface area (Å²) >= 11 is 0. The Morgan fingerprint density at radius 2 is 1.95 bits per heavy atom. The van der Waals surface area contributed by atoms with Crippen LogP contribution in [0.15, 0.2) is 18.2 Å². The van der Waals surface area contributed by atoms with Crippen LogP contribution in [0.4, 0.5) is 13.6 Å². The molecule has 0 saturated heterocycles. The van der Waals surface area contributed by atoms with Gasteiger partial charge in [-0.05, 0) is 24.6 Å². The number of rotatable bonds is 6. The van der Waals surface area contributed by atoms with Crippen molar-refractivity contribution in [1.29, 1.82) is 0 Å². The molecule has 112 valence electrons. The summed E-state index contributed by atoms with van der Waals surface area (Å²) in [6, 6.07) is 1.09. The highest BCUT2D eigenvalue weighted by Gasteiger charge is 2.27. The molecule has 0 aliphatic carbocycles. The molecule has 20 heavy (non-hydrogen) atoms. The van der Waals surface area contributed by atoms with Crippen LogP contribution in [0.2, 0.25) is 0 Å². The van der Waals surface area contributed by atoms with Gasteiger partial charge in [0, 0.05) is 5.56 Å². The minimum Gasteiger partial charge on any atom is -0.465 e. The van der Waals surface area contributed by atoms with E-state index >= 15 is 0 Å². The van der Waals surface area contributed by atoms with Crippen molar-refractivity contribution in [2.24, 2.45) is 0 Å². The fourth-order valence-corrected chi connectivity index (χ4v) is 1.75. The maximum absolute atomic E-state index is 13.5. The van der Waals surface area contributed by atoms with Crippen molar-refractivity contribution < 1.29 is 34.0 Å². The maximum atomic E-state index is 13.5. The van der Waals surface area contributed by atoms with Gasteiger partial charge in [-0.15, -0.1) is 0 Å². The van der Waals surface area contributed by atoms with Crippen molar-refractivity contribution in [2.75, 3.05) is 6.61 Å². The molecule has 0 aromatic heterocycles. The van der Waals surface area contributed by atoms with Gasteiger partial charge >= 0.3 is 6.09 Å². The minimum atomic E-state index is -1.71. The lowest BCUT2D eigenvalue weighted by molar-refractivity contribution is 0.0470. The molecular weight excluding hydrogens is 276 g/mol. The lowest BCUT2D eigenvalue weighted by atomic mass is 9.97. The van der Waals surface area contributed by atoms with E-state index in [1.165, 1.54) is 0 Å². The summed E-state index contributed by atoms with van der Waals surface area (Å²) in [6.07, 6.45) is -4.88. The van der Waals surface area contributed by atoms with Crippen molar-refractivity contribution in [3.8, 4) is 0 Å². The number of nitrogens with one attached hydrogen (secondary N) is 1. The van der Waals surface area contributed by atoms with E-state index < -0.39 is 48.1 Å². The molecule has 0 radical (unpaired) electrons. The summed E-state index contributed by atoms with van der Waals surface area (Å²) in [6.45, 7) is -0.657. The zero-order valence-corrected chi connectivity index (χ0v) is 10.3. The van der Waals surface area contributed by atoms with E-state index in [-0.39, 0.29) is 6.42 Å². The SMILES string of the molecule is O=C(O)N[C@@H](C[C@H](O)CO)[C@H](O)c1cc(F)ccc1F. The first-order valence-corrected chi connectivity index (χ1v) is 5.76. The monoisotopic (exact) mass is 291 g/mol. The number of carboxylic acid groups (broad SMARTS) is 1. The summed E-state index contributed by atoms with van der Waals surface area (Å²) in [5, 5.41) is 38.5. The maximum Gasteiger partial charge on any atom is 0.404 e. The van der Waals surface area contributed by atoms with Crippen LogP contribution in [-0.2, 0) is 0 Å². The molecule has 5 N–H and O–H groups in total. The molecule has 6 nitrogen and oxygen atoms in total. The largest absolute Gasteiger partial charge is 0.465 e. The highest BCUT2D eigenvalue weighted by molar-refractivity contribution is 5.65. The summed E-state index contributed by atoms with van der Waals surface area (Å²) in [7, 11) is 0. The van der Waals surface area contributed by atoms with Gasteiger partial charge < -0.3 is 25.7 Å². The lowest BCUT2D eigenvalue weighted by Gasteiger charge is -2.25. The summed E-state index contributed by atoms with van der Waals surface area (Å²) in [5.74, 6) is -1.70. The van der Waals surface area contributed by atoms with Gasteiger partial charge in [0.25, 0.3) is 0 Å². The fourth-order valence-electron chi connectivity index (χ4n) is 1.75. The van der Waals surface area contributed by atoms with Crippen molar-refractivity contribution in [3.63, 3.8) is 0 Å². The third-order valence-corrected chi connectivity index (χ3v) is 2.70. The second kappa shape index (κ2) is 7.13. The molecule has 0 bridgehead atoms. The van der Waals surface area contributed by atoms with E-state index in [0.717, 1.165) is 18.2 Å². The summed E-state index contributed by atoms with van der Waals surface area (Å²) in [4.78, 5) is 10.6. The second-order valence-electron chi connectivity index (χ2n) is 4.24. The van der Waals surface area contributed by atoms with Crippen LogP contribution in [0.5, 0.6) is 0 Å².